The van der Waals surface area contributed by atoms with Crippen LogP contribution in [0.25, 0.3) is 11.5 Å². The maximum atomic E-state index is 6.08. The van der Waals surface area contributed by atoms with Gasteiger partial charge in [0.15, 0.2) is 5.82 Å². The second-order valence-corrected chi connectivity index (χ2v) is 5.46. The predicted octanol–water partition coefficient (Wildman–Crippen LogP) is 4.70. The SMILES string of the molecule is Clc1cc(Nc2ccccc2Br)nc(-c2ccccn2)n1. The van der Waals surface area contributed by atoms with E-state index >= 15 is 0 Å². The van der Waals surface area contributed by atoms with Crippen LogP contribution in [-0.4, -0.2) is 15.0 Å². The van der Waals surface area contributed by atoms with Gasteiger partial charge in [-0.15, -0.1) is 0 Å². The summed E-state index contributed by atoms with van der Waals surface area (Å²) in [7, 11) is 0. The van der Waals surface area contributed by atoms with Crippen molar-refractivity contribution in [2.45, 2.75) is 0 Å². The Morgan fingerprint density at radius 1 is 1.00 bits per heavy atom. The van der Waals surface area contributed by atoms with Crippen molar-refractivity contribution in [2.75, 3.05) is 5.32 Å². The summed E-state index contributed by atoms with van der Waals surface area (Å²) >= 11 is 9.56. The molecule has 104 valence electrons. The fraction of sp³-hybridized carbons (Fsp3) is 0. The van der Waals surface area contributed by atoms with Gasteiger partial charge < -0.3 is 5.32 Å². The number of benzene rings is 1. The highest BCUT2D eigenvalue weighted by Gasteiger charge is 2.08. The molecule has 21 heavy (non-hydrogen) atoms. The summed E-state index contributed by atoms with van der Waals surface area (Å²) in [5.41, 5.74) is 1.58. The third-order valence-corrected chi connectivity index (χ3v) is 3.61. The molecule has 3 rings (SSSR count). The summed E-state index contributed by atoms with van der Waals surface area (Å²) in [6.45, 7) is 0. The van der Waals surface area contributed by atoms with E-state index in [0.29, 0.717) is 22.5 Å². The molecule has 1 aromatic carbocycles. The molecule has 0 aliphatic rings. The van der Waals surface area contributed by atoms with Crippen LogP contribution in [0.15, 0.2) is 59.2 Å². The lowest BCUT2D eigenvalue weighted by molar-refractivity contribution is 1.14. The quantitative estimate of drug-likeness (QED) is 0.687. The van der Waals surface area contributed by atoms with Gasteiger partial charge in [-0.2, -0.15) is 0 Å². The van der Waals surface area contributed by atoms with Gasteiger partial charge in [-0.25, -0.2) is 9.97 Å². The lowest BCUT2D eigenvalue weighted by Crippen LogP contribution is -1.99. The molecule has 0 aliphatic carbocycles. The average molecular weight is 362 g/mol. The molecule has 2 heterocycles. The molecule has 0 radical (unpaired) electrons. The number of anilines is 2. The largest absolute Gasteiger partial charge is 0.339 e. The van der Waals surface area contributed by atoms with Crippen molar-refractivity contribution in [1.29, 1.82) is 0 Å². The zero-order valence-corrected chi connectivity index (χ0v) is 13.1. The van der Waals surface area contributed by atoms with Crippen molar-refractivity contribution in [2.24, 2.45) is 0 Å². The Labute approximate surface area is 135 Å². The molecule has 0 fully saturated rings. The smallest absolute Gasteiger partial charge is 0.181 e. The van der Waals surface area contributed by atoms with Crippen LogP contribution in [0.3, 0.4) is 0 Å². The normalized spacial score (nSPS) is 10.4. The Kier molecular flexibility index (Phi) is 4.13. The van der Waals surface area contributed by atoms with Gasteiger partial charge in [-0.3, -0.25) is 4.98 Å². The minimum absolute atomic E-state index is 0.361. The van der Waals surface area contributed by atoms with Crippen molar-refractivity contribution in [3.63, 3.8) is 0 Å². The summed E-state index contributed by atoms with van der Waals surface area (Å²) in [6.07, 6.45) is 1.69. The van der Waals surface area contributed by atoms with Crippen molar-refractivity contribution in [1.82, 2.24) is 15.0 Å². The Bertz CT molecular complexity index is 765. The number of aromatic nitrogens is 3. The van der Waals surface area contributed by atoms with Crippen LogP contribution in [0.5, 0.6) is 0 Å². The lowest BCUT2D eigenvalue weighted by Gasteiger charge is -2.09. The van der Waals surface area contributed by atoms with Crippen molar-refractivity contribution >= 4 is 39.0 Å². The number of rotatable bonds is 3. The summed E-state index contributed by atoms with van der Waals surface area (Å²) < 4.78 is 0.944. The number of hydrogen-bond donors (Lipinski definition) is 1. The topological polar surface area (TPSA) is 50.7 Å². The van der Waals surface area contributed by atoms with E-state index in [1.807, 2.05) is 42.5 Å². The lowest BCUT2D eigenvalue weighted by atomic mass is 10.3. The molecule has 0 spiro atoms. The molecular weight excluding hydrogens is 352 g/mol. The fourth-order valence-corrected chi connectivity index (χ4v) is 2.36. The van der Waals surface area contributed by atoms with Crippen molar-refractivity contribution in [3.05, 3.63) is 64.4 Å². The van der Waals surface area contributed by atoms with Gasteiger partial charge in [0.05, 0.1) is 5.69 Å². The highest BCUT2D eigenvalue weighted by Crippen LogP contribution is 2.26. The molecule has 0 bridgehead atoms. The molecule has 0 aliphatic heterocycles. The van der Waals surface area contributed by atoms with Crippen LogP contribution in [0.4, 0.5) is 11.5 Å². The zero-order chi connectivity index (χ0) is 14.7. The molecule has 0 atom stereocenters. The van der Waals surface area contributed by atoms with Crippen molar-refractivity contribution < 1.29 is 0 Å². The van der Waals surface area contributed by atoms with E-state index in [9.17, 15) is 0 Å². The fourth-order valence-electron chi connectivity index (χ4n) is 1.79. The number of para-hydroxylation sites is 1. The average Bonchev–Trinajstić information content (AvgIpc) is 2.50. The number of halogens is 2. The van der Waals surface area contributed by atoms with E-state index in [-0.39, 0.29) is 0 Å². The van der Waals surface area contributed by atoms with Crippen LogP contribution in [0.1, 0.15) is 0 Å². The summed E-state index contributed by atoms with van der Waals surface area (Å²) in [6, 6.07) is 15.0. The molecular formula is C15H10BrClN4. The Balaban J connectivity index is 1.97. The van der Waals surface area contributed by atoms with Gasteiger partial charge in [-0.1, -0.05) is 29.8 Å². The molecule has 0 unspecified atom stereocenters. The summed E-state index contributed by atoms with van der Waals surface area (Å²) in [5.74, 6) is 1.10. The minimum Gasteiger partial charge on any atom is -0.339 e. The molecule has 2 aromatic heterocycles. The minimum atomic E-state index is 0.361. The van der Waals surface area contributed by atoms with Crippen LogP contribution in [0.2, 0.25) is 5.15 Å². The molecule has 1 N–H and O–H groups in total. The maximum Gasteiger partial charge on any atom is 0.181 e. The number of nitrogens with zero attached hydrogens (tertiary/aromatic N) is 3. The number of nitrogens with one attached hydrogen (secondary N) is 1. The highest BCUT2D eigenvalue weighted by molar-refractivity contribution is 9.10. The summed E-state index contributed by atoms with van der Waals surface area (Å²) in [5, 5.41) is 3.57. The van der Waals surface area contributed by atoms with Gasteiger partial charge in [0.25, 0.3) is 0 Å². The van der Waals surface area contributed by atoms with Crippen LogP contribution < -0.4 is 5.32 Å². The molecule has 0 amide bonds. The molecule has 4 nitrogen and oxygen atoms in total. The second-order valence-electron chi connectivity index (χ2n) is 4.22. The number of hydrogen-bond acceptors (Lipinski definition) is 4. The third kappa shape index (κ3) is 3.37. The molecule has 0 saturated heterocycles. The van der Waals surface area contributed by atoms with E-state index in [2.05, 4.69) is 36.2 Å². The van der Waals surface area contributed by atoms with Gasteiger partial charge in [0.1, 0.15) is 16.7 Å². The first-order chi connectivity index (χ1) is 10.2. The highest BCUT2D eigenvalue weighted by atomic mass is 79.9. The monoisotopic (exact) mass is 360 g/mol. The first kappa shape index (κ1) is 14.0. The Hall–Kier alpha value is -1.98. The predicted molar refractivity (Wildman–Crippen MR) is 87.7 cm³/mol. The second kappa shape index (κ2) is 6.20. The number of pyridine rings is 1. The van der Waals surface area contributed by atoms with Gasteiger partial charge in [-0.05, 0) is 40.2 Å². The van der Waals surface area contributed by atoms with E-state index in [1.165, 1.54) is 0 Å². The first-order valence-electron chi connectivity index (χ1n) is 6.20. The Morgan fingerprint density at radius 3 is 2.57 bits per heavy atom. The molecule has 3 aromatic rings. The van der Waals surface area contributed by atoms with Crippen molar-refractivity contribution in [3.8, 4) is 11.5 Å². The Morgan fingerprint density at radius 2 is 1.81 bits per heavy atom. The molecule has 0 saturated carbocycles. The third-order valence-electron chi connectivity index (χ3n) is 2.73. The van der Waals surface area contributed by atoms with Crippen LogP contribution >= 0.6 is 27.5 Å². The standard InChI is InChI=1S/C15H10BrClN4/c16-10-5-1-2-6-11(10)19-14-9-13(17)20-15(21-14)12-7-3-4-8-18-12/h1-9H,(H,19,20,21). The first-order valence-corrected chi connectivity index (χ1v) is 7.37. The maximum absolute atomic E-state index is 6.08. The van der Waals surface area contributed by atoms with Crippen LogP contribution in [0, 0.1) is 0 Å². The summed E-state index contributed by atoms with van der Waals surface area (Å²) in [4.78, 5) is 12.9. The zero-order valence-electron chi connectivity index (χ0n) is 10.8. The van der Waals surface area contributed by atoms with E-state index < -0.39 is 0 Å². The van der Waals surface area contributed by atoms with E-state index in [4.69, 9.17) is 11.6 Å². The van der Waals surface area contributed by atoms with Gasteiger partial charge in [0.2, 0.25) is 0 Å². The van der Waals surface area contributed by atoms with E-state index in [1.54, 1.807) is 12.3 Å². The van der Waals surface area contributed by atoms with Crippen LogP contribution in [-0.2, 0) is 0 Å². The van der Waals surface area contributed by atoms with E-state index in [0.717, 1.165) is 10.2 Å². The molecule has 6 heteroatoms. The van der Waals surface area contributed by atoms with Gasteiger partial charge >= 0.3 is 0 Å². The van der Waals surface area contributed by atoms with Gasteiger partial charge in [0, 0.05) is 16.7 Å².